The summed E-state index contributed by atoms with van der Waals surface area (Å²) >= 11 is 10.2. The molecule has 0 bridgehead atoms. The maximum atomic E-state index is 13.2. The summed E-state index contributed by atoms with van der Waals surface area (Å²) < 4.78 is 12.9. The number of unbranched alkanes of at least 4 members (excludes halogenated alkanes) is 2. The van der Waals surface area contributed by atoms with Crippen LogP contribution in [0.1, 0.15) is 112 Å². The number of anilines is 3. The van der Waals surface area contributed by atoms with Gasteiger partial charge in [-0.25, -0.2) is 19.9 Å². The topological polar surface area (TPSA) is 258 Å². The molecule has 2 amide bonds. The number of nitrogen functional groups attached to an aromatic ring is 2. The van der Waals surface area contributed by atoms with Gasteiger partial charge in [-0.1, -0.05) is 59.1 Å². The summed E-state index contributed by atoms with van der Waals surface area (Å²) in [4.78, 5) is 41.6. The maximum absolute atomic E-state index is 13.2. The Morgan fingerprint density at radius 3 is 2.19 bits per heavy atom. The number of aliphatic hydroxyl groups is 3. The van der Waals surface area contributed by atoms with Crippen LogP contribution in [0.4, 0.5) is 17.5 Å². The molecule has 62 heavy (non-hydrogen) atoms. The van der Waals surface area contributed by atoms with Gasteiger partial charge in [0.1, 0.15) is 48.1 Å². The number of nitrogens with zero attached hydrogens (tertiary/aromatic N) is 5. The predicted octanol–water partition coefficient (Wildman–Crippen LogP) is 5.83. The van der Waals surface area contributed by atoms with E-state index in [0.29, 0.717) is 29.0 Å². The number of carbonyl (C=O) groups excluding carboxylic acids is 2. The minimum absolute atomic E-state index is 0.119. The molecule has 1 aliphatic rings. The number of hydrogen-bond acceptors (Lipinski definition) is 14. The van der Waals surface area contributed by atoms with E-state index in [0.717, 1.165) is 28.7 Å². The van der Waals surface area contributed by atoms with Crippen molar-refractivity contribution >= 4 is 63.5 Å². The van der Waals surface area contributed by atoms with Crippen molar-refractivity contribution in [3.63, 3.8) is 0 Å². The van der Waals surface area contributed by atoms with Crippen LogP contribution in [0.3, 0.4) is 0 Å². The van der Waals surface area contributed by atoms with Gasteiger partial charge in [0.05, 0.1) is 42.5 Å². The number of aliphatic hydroxyl groups excluding tert-OH is 3. The molecule has 1 aromatic carbocycles. The number of halogens is 2. The van der Waals surface area contributed by atoms with Crippen LogP contribution >= 0.6 is 23.2 Å². The molecule has 19 heteroatoms. The van der Waals surface area contributed by atoms with Crippen molar-refractivity contribution in [3.8, 4) is 0 Å². The number of aromatic nitrogens is 5. The lowest BCUT2D eigenvalue weighted by molar-refractivity contribution is -0.0513. The highest BCUT2D eigenvalue weighted by molar-refractivity contribution is 6.17. The van der Waals surface area contributed by atoms with Gasteiger partial charge in [0, 0.05) is 56.1 Å². The molecule has 3 atom stereocenters. The first-order chi connectivity index (χ1) is 29.7. The van der Waals surface area contributed by atoms with E-state index in [-0.39, 0.29) is 50.1 Å². The normalized spacial score (nSPS) is 15.4. The Bertz CT molecular complexity index is 1880. The standard InChI is InChI=1S/C26H34N6O7.C8H17Cl.C6H10N4.C2H6.CH3Cl/c1-26(2,13-34)38-8-7-28-24(36)16-5-3-15(4-6-16)10-29-25(37)17-11-32(20-9-18(35)19(12-33)39-20)23-21(17)22(27)30-14-31-23;1-8(2)6-4-3-5-7-9;1-4-5(7)9-3-10-6(4)8-2;2*1-2/h3-6,11,14,18-20,33-35H,7-10,12-13H2,1-2H3,(H,28,36)(H,29,37)(H2,27,30,31);8H,3-7H2,1-2H3;3H,1-2H3,(H3,7,8,9,10);1-2H3;1H3. The average molecular weight is 910 g/mol. The van der Waals surface area contributed by atoms with Crippen LogP contribution in [0, 0.1) is 12.8 Å². The number of ether oxygens (including phenoxy) is 2. The largest absolute Gasteiger partial charge is 0.394 e. The number of rotatable bonds is 17. The second-order valence-electron chi connectivity index (χ2n) is 14.8. The number of amides is 2. The van der Waals surface area contributed by atoms with Crippen LogP contribution in [-0.4, -0.2) is 115 Å². The minimum Gasteiger partial charge on any atom is -0.394 e. The Kier molecular flexibility index (Phi) is 26.8. The van der Waals surface area contributed by atoms with Crippen LogP contribution in [-0.2, 0) is 16.0 Å². The van der Waals surface area contributed by atoms with Crippen LogP contribution in [0.15, 0.2) is 43.1 Å². The van der Waals surface area contributed by atoms with Gasteiger partial charge in [0.25, 0.3) is 11.8 Å². The molecule has 0 aliphatic carbocycles. The fourth-order valence-corrected chi connectivity index (χ4v) is 5.97. The zero-order valence-corrected chi connectivity index (χ0v) is 39.3. The molecule has 10 N–H and O–H groups in total. The Balaban J connectivity index is 0.000000683. The number of benzene rings is 1. The molecule has 348 valence electrons. The molecular weight excluding hydrogens is 839 g/mol. The third-order valence-corrected chi connectivity index (χ3v) is 9.55. The monoisotopic (exact) mass is 908 g/mol. The van der Waals surface area contributed by atoms with E-state index < -0.39 is 29.9 Å². The molecule has 1 saturated heterocycles. The van der Waals surface area contributed by atoms with Crippen LogP contribution < -0.4 is 27.4 Å². The molecule has 1 fully saturated rings. The van der Waals surface area contributed by atoms with E-state index in [1.807, 2.05) is 20.8 Å². The fraction of sp³-hybridized carbons (Fsp3) is 0.581. The van der Waals surface area contributed by atoms with Gasteiger partial charge in [0.15, 0.2) is 0 Å². The van der Waals surface area contributed by atoms with E-state index in [1.54, 1.807) is 55.9 Å². The van der Waals surface area contributed by atoms with Crippen LogP contribution in [0.2, 0.25) is 0 Å². The summed E-state index contributed by atoms with van der Waals surface area (Å²) in [6.07, 6.45) is 8.94. The summed E-state index contributed by atoms with van der Waals surface area (Å²) in [6, 6.07) is 6.80. The average Bonchev–Trinajstić information content (AvgIpc) is 3.87. The lowest BCUT2D eigenvalue weighted by Gasteiger charge is -2.22. The third kappa shape index (κ3) is 18.2. The summed E-state index contributed by atoms with van der Waals surface area (Å²) in [5, 5.41) is 37.7. The highest BCUT2D eigenvalue weighted by Crippen LogP contribution is 2.34. The first-order valence-electron chi connectivity index (χ1n) is 20.8. The number of fused-ring (bicyclic) bond motifs is 1. The number of carbonyl (C=O) groups is 2. The molecule has 0 saturated carbocycles. The van der Waals surface area contributed by atoms with E-state index in [2.05, 4.69) is 61.3 Å². The molecule has 3 unspecified atom stereocenters. The minimum atomic E-state index is -0.856. The van der Waals surface area contributed by atoms with Crippen molar-refractivity contribution < 1.29 is 34.4 Å². The molecule has 4 heterocycles. The first-order valence-corrected chi connectivity index (χ1v) is 22.1. The summed E-state index contributed by atoms with van der Waals surface area (Å²) in [5.41, 5.74) is 13.7. The fourth-order valence-electron chi connectivity index (χ4n) is 5.78. The van der Waals surface area contributed by atoms with E-state index in [9.17, 15) is 24.9 Å². The molecule has 4 aromatic rings. The van der Waals surface area contributed by atoms with Gasteiger partial charge in [-0.2, -0.15) is 0 Å². The molecule has 3 aromatic heterocycles. The molecule has 5 rings (SSSR count). The molecular formula is C43H70Cl2N10O7. The first kappa shape index (κ1) is 55.7. The van der Waals surface area contributed by atoms with Gasteiger partial charge < -0.3 is 56.8 Å². The van der Waals surface area contributed by atoms with Crippen LogP contribution in [0.5, 0.6) is 0 Å². The zero-order chi connectivity index (χ0) is 46.8. The SMILES string of the molecule is CC.CC(C)(CO)OCCNC(=O)c1ccc(CNC(=O)c2cn(C3CC(O)C(CO)O3)c3ncnc(N)c23)cc1.CC(C)CCCCCCl.CCl.CNc1ncnc(N)c1C. The summed E-state index contributed by atoms with van der Waals surface area (Å²) in [7, 11) is 1.80. The van der Waals surface area contributed by atoms with Crippen molar-refractivity contribution in [1.82, 2.24) is 35.1 Å². The van der Waals surface area contributed by atoms with Crippen molar-refractivity contribution in [2.75, 3.05) is 62.5 Å². The van der Waals surface area contributed by atoms with Gasteiger partial charge in [0.2, 0.25) is 0 Å². The van der Waals surface area contributed by atoms with Crippen molar-refractivity contribution in [2.24, 2.45) is 5.92 Å². The van der Waals surface area contributed by atoms with E-state index >= 15 is 0 Å². The maximum Gasteiger partial charge on any atom is 0.253 e. The van der Waals surface area contributed by atoms with Gasteiger partial charge >= 0.3 is 0 Å². The van der Waals surface area contributed by atoms with Crippen molar-refractivity contribution in [2.45, 2.75) is 111 Å². The highest BCUT2D eigenvalue weighted by Gasteiger charge is 2.36. The van der Waals surface area contributed by atoms with Crippen LogP contribution in [0.25, 0.3) is 11.0 Å². The highest BCUT2D eigenvalue weighted by atomic mass is 35.5. The van der Waals surface area contributed by atoms with Gasteiger partial charge in [-0.3, -0.25) is 9.59 Å². The molecule has 0 spiro atoms. The Hall–Kier alpha value is -4.36. The quantitative estimate of drug-likeness (QED) is 0.0458. The summed E-state index contributed by atoms with van der Waals surface area (Å²) in [5.74, 6) is 2.46. The van der Waals surface area contributed by atoms with Crippen molar-refractivity contribution in [3.05, 3.63) is 65.4 Å². The molecule has 1 aliphatic heterocycles. The lowest BCUT2D eigenvalue weighted by Crippen LogP contribution is -2.34. The molecule has 17 nitrogen and oxygen atoms in total. The number of nitrogens with one attached hydrogen (secondary N) is 3. The molecule has 0 radical (unpaired) electrons. The smallest absolute Gasteiger partial charge is 0.253 e. The number of nitrogens with two attached hydrogens (primary N) is 2. The Morgan fingerprint density at radius 2 is 1.63 bits per heavy atom. The van der Waals surface area contributed by atoms with E-state index in [1.165, 1.54) is 44.7 Å². The van der Waals surface area contributed by atoms with E-state index in [4.69, 9.17) is 32.5 Å². The third-order valence-electron chi connectivity index (χ3n) is 9.28. The lowest BCUT2D eigenvalue weighted by atomic mass is 10.1. The zero-order valence-electron chi connectivity index (χ0n) is 37.8. The van der Waals surface area contributed by atoms with Gasteiger partial charge in [-0.05, 0) is 50.8 Å². The van der Waals surface area contributed by atoms with Crippen molar-refractivity contribution in [1.29, 1.82) is 0 Å². The Labute approximate surface area is 376 Å². The predicted molar refractivity (Wildman–Crippen MR) is 249 cm³/mol. The second kappa shape index (κ2) is 29.9. The van der Waals surface area contributed by atoms with Gasteiger partial charge in [-0.15, -0.1) is 23.2 Å². The number of hydrogen-bond donors (Lipinski definition) is 8. The number of alkyl halides is 2. The Morgan fingerprint density at radius 1 is 0.984 bits per heavy atom. The summed E-state index contributed by atoms with van der Waals surface area (Å²) in [6.45, 7) is 14.2. The second-order valence-corrected chi connectivity index (χ2v) is 15.2.